The molecule has 2 radical (unpaired) electrons. The third-order valence-electron chi connectivity index (χ3n) is 3.07. The van der Waals surface area contributed by atoms with Gasteiger partial charge < -0.3 is 35.4 Å². The fourth-order valence-corrected chi connectivity index (χ4v) is 3.64. The Hall–Kier alpha value is 0.820. The van der Waals surface area contributed by atoms with Crippen LogP contribution in [-0.2, 0) is 22.7 Å². The van der Waals surface area contributed by atoms with Crippen LogP contribution >= 0.6 is 15.6 Å². The maximum absolute atomic E-state index is 11.7. The largest absolute Gasteiger partial charge is 0.481 e. The standard InChI is InChI=1S/C9H15N3O11P2.2Na/c10-5-1-2-12(9(15)11-5)8-7(14)6(13)4(22-8)3-21-25(19,20)23-24(16,17)18;;/h1-2,4,6-8,13-14H,3H2,(H,19,20)(H2,10,11,15)(H2,16,17,18);;/t4-,6-,7-,8-;;/m1../s1. The Labute approximate surface area is 196 Å². The van der Waals surface area contributed by atoms with Gasteiger partial charge in [-0.2, -0.15) is 9.29 Å². The number of rotatable bonds is 6. The average Bonchev–Trinajstić information content (AvgIpc) is 2.71. The van der Waals surface area contributed by atoms with Crippen molar-refractivity contribution in [2.24, 2.45) is 0 Å². The van der Waals surface area contributed by atoms with Gasteiger partial charge in [0.25, 0.3) is 0 Å². The molecular weight excluding hydrogens is 434 g/mol. The number of aromatic nitrogens is 2. The van der Waals surface area contributed by atoms with Crippen molar-refractivity contribution in [3.05, 3.63) is 22.7 Å². The van der Waals surface area contributed by atoms with E-state index in [2.05, 4.69) is 13.8 Å². The van der Waals surface area contributed by atoms with E-state index in [4.69, 9.17) is 25.2 Å². The number of nitrogens with two attached hydrogens (primary N) is 1. The zero-order valence-corrected chi connectivity index (χ0v) is 20.0. The van der Waals surface area contributed by atoms with Crippen LogP contribution in [0.5, 0.6) is 0 Å². The molecule has 1 aromatic rings. The molecule has 7 N–H and O–H groups in total. The van der Waals surface area contributed by atoms with Crippen LogP contribution in [-0.4, -0.2) is 118 Å². The third-order valence-corrected chi connectivity index (χ3v) is 5.23. The van der Waals surface area contributed by atoms with E-state index in [1.54, 1.807) is 0 Å². The number of aliphatic hydroxyl groups excluding tert-OH is 2. The van der Waals surface area contributed by atoms with Crippen molar-refractivity contribution in [1.82, 2.24) is 9.55 Å². The summed E-state index contributed by atoms with van der Waals surface area (Å²) in [4.78, 5) is 41.3. The van der Waals surface area contributed by atoms with Crippen molar-refractivity contribution in [2.75, 3.05) is 12.3 Å². The summed E-state index contributed by atoms with van der Waals surface area (Å²) in [7, 11) is -10.5. The first-order chi connectivity index (χ1) is 11.4. The first-order valence-corrected chi connectivity index (χ1v) is 9.53. The van der Waals surface area contributed by atoms with Gasteiger partial charge in [-0.25, -0.2) is 13.9 Å². The molecule has 2 rings (SSSR count). The first-order valence-electron chi connectivity index (χ1n) is 6.50. The zero-order chi connectivity index (χ0) is 19.0. The number of aliphatic hydroxyl groups is 2. The summed E-state index contributed by atoms with van der Waals surface area (Å²) in [5.41, 5.74) is 4.45. The maximum Gasteiger partial charge on any atom is 0.481 e. The van der Waals surface area contributed by atoms with Crippen LogP contribution in [0, 0.1) is 0 Å². The van der Waals surface area contributed by atoms with Crippen LogP contribution in [0.25, 0.3) is 0 Å². The molecule has 14 nitrogen and oxygen atoms in total. The summed E-state index contributed by atoms with van der Waals surface area (Å²) in [6.45, 7) is -0.875. The van der Waals surface area contributed by atoms with Crippen LogP contribution in [0.4, 0.5) is 5.82 Å². The van der Waals surface area contributed by atoms with Crippen molar-refractivity contribution in [1.29, 1.82) is 0 Å². The number of nitrogens with zero attached hydrogens (tertiary/aromatic N) is 2. The molecule has 2 heterocycles. The first kappa shape index (κ1) is 27.8. The van der Waals surface area contributed by atoms with Gasteiger partial charge in [-0.1, -0.05) is 0 Å². The molecule has 1 aliphatic rings. The van der Waals surface area contributed by atoms with Gasteiger partial charge in [0.15, 0.2) is 6.23 Å². The minimum Gasteiger partial charge on any atom is -0.387 e. The fraction of sp³-hybridized carbons (Fsp3) is 0.556. The molecule has 1 aliphatic heterocycles. The number of nitrogen functional groups attached to an aromatic ring is 1. The Morgan fingerprint density at radius 2 is 1.81 bits per heavy atom. The second kappa shape index (κ2) is 10.7. The van der Waals surface area contributed by atoms with E-state index >= 15 is 0 Å². The van der Waals surface area contributed by atoms with Gasteiger partial charge in [0, 0.05) is 65.3 Å². The summed E-state index contributed by atoms with van der Waals surface area (Å²) in [5.74, 6) is -0.0787. The molecule has 1 fully saturated rings. The van der Waals surface area contributed by atoms with E-state index in [0.717, 1.165) is 10.8 Å². The molecule has 0 spiro atoms. The topological polar surface area (TPSA) is 224 Å². The Morgan fingerprint density at radius 1 is 1.22 bits per heavy atom. The van der Waals surface area contributed by atoms with Gasteiger partial charge in [-0.05, 0) is 6.07 Å². The fourth-order valence-electron chi connectivity index (χ4n) is 2.04. The molecule has 5 atom stereocenters. The van der Waals surface area contributed by atoms with Gasteiger partial charge in [-0.15, -0.1) is 0 Å². The number of phosphoric acid groups is 2. The van der Waals surface area contributed by atoms with Gasteiger partial charge in [0.1, 0.15) is 24.1 Å². The molecule has 1 unspecified atom stereocenters. The van der Waals surface area contributed by atoms with Crippen LogP contribution in [0.15, 0.2) is 17.1 Å². The van der Waals surface area contributed by atoms with Gasteiger partial charge in [0.05, 0.1) is 6.61 Å². The van der Waals surface area contributed by atoms with Crippen molar-refractivity contribution < 1.29 is 47.6 Å². The normalized spacial score (nSPS) is 27.3. The molecule has 1 saturated heterocycles. The molecule has 144 valence electrons. The van der Waals surface area contributed by atoms with E-state index < -0.39 is 52.5 Å². The minimum atomic E-state index is -5.30. The second-order valence-electron chi connectivity index (χ2n) is 4.93. The van der Waals surface area contributed by atoms with Gasteiger partial charge in [-0.3, -0.25) is 9.09 Å². The number of phosphoric ester groups is 1. The van der Waals surface area contributed by atoms with Crippen molar-refractivity contribution >= 4 is 80.6 Å². The smallest absolute Gasteiger partial charge is 0.387 e. The van der Waals surface area contributed by atoms with Crippen molar-refractivity contribution in [3.8, 4) is 0 Å². The maximum atomic E-state index is 11.7. The van der Waals surface area contributed by atoms with E-state index in [-0.39, 0.29) is 64.9 Å². The number of hydrogen-bond acceptors (Lipinski definition) is 10. The molecule has 1 aromatic heterocycles. The Balaban J connectivity index is 0.00000338. The Morgan fingerprint density at radius 3 is 2.33 bits per heavy atom. The molecule has 27 heavy (non-hydrogen) atoms. The quantitative estimate of drug-likeness (QED) is 0.187. The number of ether oxygens (including phenoxy) is 1. The van der Waals surface area contributed by atoms with Gasteiger partial charge in [0.2, 0.25) is 0 Å². The SMILES string of the molecule is Nc1ccn([C@@H]2O[C@H](COP(=O)(O)OP(=O)(O)O)[C@@H](O)[C@H]2O)c(=O)n1.[Na].[Na]. The zero-order valence-electron chi connectivity index (χ0n) is 14.2. The summed E-state index contributed by atoms with van der Waals surface area (Å²) < 4.78 is 35.8. The molecule has 0 aromatic carbocycles. The number of anilines is 1. The Kier molecular flexibility index (Phi) is 11.1. The van der Waals surface area contributed by atoms with Crippen molar-refractivity contribution in [3.63, 3.8) is 0 Å². The molecule has 0 aliphatic carbocycles. The predicted octanol–water partition coefficient (Wildman–Crippen LogP) is -3.09. The molecule has 0 saturated carbocycles. The molecule has 0 amide bonds. The van der Waals surface area contributed by atoms with Crippen molar-refractivity contribution in [2.45, 2.75) is 24.5 Å². The van der Waals surface area contributed by atoms with E-state index in [1.165, 1.54) is 6.07 Å². The Bertz CT molecular complexity index is 789. The van der Waals surface area contributed by atoms with E-state index in [1.807, 2.05) is 0 Å². The number of hydrogen-bond donors (Lipinski definition) is 6. The van der Waals surface area contributed by atoms with Crippen LogP contribution in [0.3, 0.4) is 0 Å². The van der Waals surface area contributed by atoms with E-state index in [9.17, 15) is 24.1 Å². The average molecular weight is 449 g/mol. The summed E-state index contributed by atoms with van der Waals surface area (Å²) in [6, 6.07) is 1.24. The molecular formula is C9H15N3Na2O11P2. The van der Waals surface area contributed by atoms with Crippen LogP contribution in [0.1, 0.15) is 6.23 Å². The summed E-state index contributed by atoms with van der Waals surface area (Å²) in [5, 5.41) is 19.8. The summed E-state index contributed by atoms with van der Waals surface area (Å²) in [6.07, 6.45) is -4.93. The van der Waals surface area contributed by atoms with Crippen LogP contribution < -0.4 is 11.4 Å². The second-order valence-corrected chi connectivity index (χ2v) is 7.75. The van der Waals surface area contributed by atoms with Crippen LogP contribution in [0.2, 0.25) is 0 Å². The predicted molar refractivity (Wildman–Crippen MR) is 89.2 cm³/mol. The monoisotopic (exact) mass is 449 g/mol. The van der Waals surface area contributed by atoms with Gasteiger partial charge >= 0.3 is 21.3 Å². The molecule has 18 heteroatoms. The molecule has 0 bridgehead atoms. The summed E-state index contributed by atoms with van der Waals surface area (Å²) >= 11 is 0. The minimum absolute atomic E-state index is 0. The third kappa shape index (κ3) is 7.87. The van der Waals surface area contributed by atoms with E-state index in [0.29, 0.717) is 0 Å².